The minimum Gasteiger partial charge on any atom is -0.369 e. The first kappa shape index (κ1) is 16.3. The summed E-state index contributed by atoms with van der Waals surface area (Å²) in [5.74, 6) is 0. The zero-order valence-corrected chi connectivity index (χ0v) is 11.9. The molecule has 0 radical (unpaired) electrons. The summed E-state index contributed by atoms with van der Waals surface area (Å²) in [4.78, 5) is -0.195. The van der Waals surface area contributed by atoms with E-state index in [9.17, 15) is 17.2 Å². The summed E-state index contributed by atoms with van der Waals surface area (Å²) in [5, 5.41) is 3.99. The highest BCUT2D eigenvalue weighted by Gasteiger charge is 2.20. The zero-order valence-electron chi connectivity index (χ0n) is 10.4. The van der Waals surface area contributed by atoms with Crippen LogP contribution in [0.4, 0.5) is 8.78 Å². The average molecular weight is 317 g/mol. The molecular formula is C10H15ClF2N2O3S. The summed E-state index contributed by atoms with van der Waals surface area (Å²) in [7, 11) is 1.30. The smallest absolute Gasteiger partial charge is 0.264 e. The lowest BCUT2D eigenvalue weighted by Gasteiger charge is -2.02. The van der Waals surface area contributed by atoms with Gasteiger partial charge in [-0.2, -0.15) is 5.10 Å². The van der Waals surface area contributed by atoms with Crippen LogP contribution in [0.25, 0.3) is 0 Å². The average Bonchev–Trinajstić information content (AvgIpc) is 2.69. The maximum absolute atomic E-state index is 11.9. The van der Waals surface area contributed by atoms with Crippen LogP contribution >= 0.6 is 10.7 Å². The van der Waals surface area contributed by atoms with Crippen LogP contribution in [-0.2, 0) is 26.9 Å². The molecule has 0 unspecified atom stereocenters. The topological polar surface area (TPSA) is 61.2 Å². The number of hydrogen-bond donors (Lipinski definition) is 0. The lowest BCUT2D eigenvalue weighted by molar-refractivity contribution is 0.00803. The van der Waals surface area contributed by atoms with Crippen LogP contribution in [0.15, 0.2) is 11.1 Å². The van der Waals surface area contributed by atoms with Crippen LogP contribution in [0.5, 0.6) is 0 Å². The number of halogens is 3. The Kier molecular flexibility index (Phi) is 6.15. The summed E-state index contributed by atoms with van der Waals surface area (Å²) < 4.78 is 52.7. The van der Waals surface area contributed by atoms with Crippen LogP contribution in [-0.4, -0.2) is 31.2 Å². The fraction of sp³-hybridized carbons (Fsp3) is 0.700. The first-order valence-corrected chi connectivity index (χ1v) is 8.02. The Hall–Kier alpha value is -0.730. The SMILES string of the molecule is CCCCn1cc(S(=O)(=O)Cl)c(COCC(F)F)n1. The van der Waals surface area contributed by atoms with Crippen LogP contribution < -0.4 is 0 Å². The molecule has 1 aromatic heterocycles. The molecule has 0 aliphatic rings. The van der Waals surface area contributed by atoms with Crippen molar-refractivity contribution in [2.24, 2.45) is 0 Å². The molecule has 19 heavy (non-hydrogen) atoms. The maximum atomic E-state index is 11.9. The van der Waals surface area contributed by atoms with Crippen molar-refractivity contribution < 1.29 is 21.9 Å². The molecule has 0 spiro atoms. The van der Waals surface area contributed by atoms with Gasteiger partial charge in [0.15, 0.2) is 0 Å². The summed E-state index contributed by atoms with van der Waals surface area (Å²) in [6.07, 6.45) is 0.415. The Labute approximate surface area is 114 Å². The third-order valence-electron chi connectivity index (χ3n) is 2.29. The Bertz CT molecular complexity index is 505. The van der Waals surface area contributed by atoms with Crippen LogP contribution in [0, 0.1) is 0 Å². The van der Waals surface area contributed by atoms with E-state index in [1.54, 1.807) is 0 Å². The van der Waals surface area contributed by atoms with Gasteiger partial charge < -0.3 is 4.74 Å². The molecule has 110 valence electrons. The predicted octanol–water partition coefficient (Wildman–Crippen LogP) is 2.39. The van der Waals surface area contributed by atoms with E-state index in [4.69, 9.17) is 10.7 Å². The number of hydrogen-bond acceptors (Lipinski definition) is 4. The van der Waals surface area contributed by atoms with E-state index >= 15 is 0 Å². The lowest BCUT2D eigenvalue weighted by atomic mass is 10.3. The van der Waals surface area contributed by atoms with Crippen molar-refractivity contribution >= 4 is 19.7 Å². The summed E-state index contributed by atoms with van der Waals surface area (Å²) in [5.41, 5.74) is 0.0479. The molecule has 5 nitrogen and oxygen atoms in total. The van der Waals surface area contributed by atoms with E-state index < -0.39 is 22.1 Å². The second kappa shape index (κ2) is 7.16. The molecule has 0 saturated heterocycles. The molecule has 1 aromatic rings. The number of alkyl halides is 2. The molecule has 1 rings (SSSR count). The maximum Gasteiger partial charge on any atom is 0.264 e. The highest BCUT2D eigenvalue weighted by atomic mass is 35.7. The van der Waals surface area contributed by atoms with Gasteiger partial charge in [0.2, 0.25) is 0 Å². The molecule has 0 aliphatic heterocycles. The molecule has 0 amide bonds. The second-order valence-corrected chi connectivity index (χ2v) is 6.44. The third kappa shape index (κ3) is 5.42. The van der Waals surface area contributed by atoms with Crippen LogP contribution in [0.1, 0.15) is 25.5 Å². The Morgan fingerprint density at radius 3 is 2.74 bits per heavy atom. The molecule has 0 aliphatic carbocycles. The normalized spacial score (nSPS) is 12.3. The van der Waals surface area contributed by atoms with E-state index in [0.29, 0.717) is 6.54 Å². The molecule has 0 saturated carbocycles. The first-order valence-electron chi connectivity index (χ1n) is 5.71. The third-order valence-corrected chi connectivity index (χ3v) is 3.65. The lowest BCUT2D eigenvalue weighted by Crippen LogP contribution is -2.06. The number of unbranched alkanes of at least 4 members (excludes halogenated alkanes) is 1. The minimum absolute atomic E-state index is 0.0479. The van der Waals surface area contributed by atoms with Gasteiger partial charge in [0, 0.05) is 23.4 Å². The monoisotopic (exact) mass is 316 g/mol. The Morgan fingerprint density at radius 1 is 1.53 bits per heavy atom. The van der Waals surface area contributed by atoms with E-state index in [1.165, 1.54) is 10.9 Å². The van der Waals surface area contributed by atoms with E-state index in [-0.39, 0.29) is 17.2 Å². The Balaban J connectivity index is 2.84. The molecule has 9 heteroatoms. The van der Waals surface area contributed by atoms with Gasteiger partial charge in [-0.1, -0.05) is 13.3 Å². The predicted molar refractivity (Wildman–Crippen MR) is 65.8 cm³/mol. The van der Waals surface area contributed by atoms with Gasteiger partial charge in [-0.3, -0.25) is 4.68 Å². The number of nitrogens with zero attached hydrogens (tertiary/aromatic N) is 2. The van der Waals surface area contributed by atoms with Crippen molar-refractivity contribution in [3.63, 3.8) is 0 Å². The second-order valence-electron chi connectivity index (χ2n) is 3.90. The van der Waals surface area contributed by atoms with Crippen molar-refractivity contribution in [3.05, 3.63) is 11.9 Å². The number of rotatable bonds is 8. The van der Waals surface area contributed by atoms with Crippen molar-refractivity contribution in [2.75, 3.05) is 6.61 Å². The fourth-order valence-electron chi connectivity index (χ4n) is 1.43. The van der Waals surface area contributed by atoms with Crippen LogP contribution in [0.3, 0.4) is 0 Å². The van der Waals surface area contributed by atoms with Gasteiger partial charge in [-0.25, -0.2) is 17.2 Å². The van der Waals surface area contributed by atoms with E-state index in [1.807, 2.05) is 6.92 Å². The van der Waals surface area contributed by atoms with Crippen molar-refractivity contribution in [1.82, 2.24) is 9.78 Å². The van der Waals surface area contributed by atoms with E-state index in [0.717, 1.165) is 12.8 Å². The molecule has 1 heterocycles. The highest BCUT2D eigenvalue weighted by molar-refractivity contribution is 8.13. The van der Waals surface area contributed by atoms with Gasteiger partial charge in [-0.05, 0) is 6.42 Å². The van der Waals surface area contributed by atoms with Gasteiger partial charge in [0.05, 0.1) is 6.61 Å². The van der Waals surface area contributed by atoms with Gasteiger partial charge in [0.25, 0.3) is 15.5 Å². The molecule has 0 bridgehead atoms. The first-order chi connectivity index (χ1) is 8.84. The molecule has 0 atom stereocenters. The van der Waals surface area contributed by atoms with Crippen molar-refractivity contribution in [1.29, 1.82) is 0 Å². The minimum atomic E-state index is -3.97. The number of aryl methyl sites for hydroxylation is 1. The van der Waals surface area contributed by atoms with Gasteiger partial charge in [-0.15, -0.1) is 0 Å². The molecular weight excluding hydrogens is 302 g/mol. The Morgan fingerprint density at radius 2 is 2.21 bits per heavy atom. The van der Waals surface area contributed by atoms with E-state index in [2.05, 4.69) is 9.84 Å². The fourth-order valence-corrected chi connectivity index (χ4v) is 2.44. The standard InChI is InChI=1S/C10H15ClF2N2O3S/c1-2-3-4-15-5-9(19(11,16)17)8(14-15)6-18-7-10(12)13/h5,10H,2-4,6-7H2,1H3. The van der Waals surface area contributed by atoms with Crippen molar-refractivity contribution in [3.8, 4) is 0 Å². The van der Waals surface area contributed by atoms with Gasteiger partial charge >= 0.3 is 0 Å². The highest BCUT2D eigenvalue weighted by Crippen LogP contribution is 2.20. The molecule has 0 aromatic carbocycles. The molecule has 0 fully saturated rings. The number of aromatic nitrogens is 2. The summed E-state index contributed by atoms with van der Waals surface area (Å²) >= 11 is 0. The zero-order chi connectivity index (χ0) is 14.5. The largest absolute Gasteiger partial charge is 0.369 e. The van der Waals surface area contributed by atoms with Crippen LogP contribution in [0.2, 0.25) is 0 Å². The summed E-state index contributed by atoms with van der Waals surface area (Å²) in [6, 6.07) is 0. The summed E-state index contributed by atoms with van der Waals surface area (Å²) in [6.45, 7) is 1.43. The van der Waals surface area contributed by atoms with Crippen molar-refractivity contribution in [2.45, 2.75) is 44.2 Å². The van der Waals surface area contributed by atoms with Gasteiger partial charge in [0.1, 0.15) is 17.2 Å². The quantitative estimate of drug-likeness (QED) is 0.691. The number of ether oxygens (including phenoxy) is 1. The molecule has 0 N–H and O–H groups in total.